The molecule has 1 aliphatic heterocycles. The lowest BCUT2D eigenvalue weighted by Crippen LogP contribution is -2.51. The highest BCUT2D eigenvalue weighted by Crippen LogP contribution is 2.10. The predicted octanol–water partition coefficient (Wildman–Crippen LogP) is 1.78. The zero-order chi connectivity index (χ0) is 12.3. The van der Waals surface area contributed by atoms with Crippen LogP contribution in [0.4, 0.5) is 0 Å². The van der Waals surface area contributed by atoms with Gasteiger partial charge in [-0.1, -0.05) is 24.3 Å². The molecule has 1 unspecified atom stereocenters. The van der Waals surface area contributed by atoms with Crippen molar-refractivity contribution in [3.05, 3.63) is 35.4 Å². The van der Waals surface area contributed by atoms with Crippen molar-refractivity contribution in [2.75, 3.05) is 19.6 Å². The van der Waals surface area contributed by atoms with E-state index in [4.69, 9.17) is 0 Å². The third-order valence-corrected chi connectivity index (χ3v) is 3.32. The SMILES string of the molecule is Cc1ccccc1CC(=O)N1CCNC(C)C1.Cl. The number of rotatable bonds is 2. The van der Waals surface area contributed by atoms with Gasteiger partial charge in [0.2, 0.25) is 5.91 Å². The van der Waals surface area contributed by atoms with Gasteiger partial charge in [0.05, 0.1) is 6.42 Å². The zero-order valence-corrected chi connectivity index (χ0v) is 11.8. The first-order valence-corrected chi connectivity index (χ1v) is 6.22. The number of nitrogens with one attached hydrogen (secondary N) is 1. The van der Waals surface area contributed by atoms with Crippen molar-refractivity contribution in [3.63, 3.8) is 0 Å². The lowest BCUT2D eigenvalue weighted by Gasteiger charge is -2.32. The number of piperazine rings is 1. The van der Waals surface area contributed by atoms with Gasteiger partial charge < -0.3 is 10.2 Å². The Bertz CT molecular complexity index is 409. The van der Waals surface area contributed by atoms with Gasteiger partial charge in [0, 0.05) is 25.7 Å². The van der Waals surface area contributed by atoms with Crippen molar-refractivity contribution in [2.24, 2.45) is 0 Å². The zero-order valence-electron chi connectivity index (χ0n) is 11.0. The number of carbonyl (C=O) groups excluding carboxylic acids is 1. The molecule has 1 amide bonds. The highest BCUT2D eigenvalue weighted by atomic mass is 35.5. The smallest absolute Gasteiger partial charge is 0.227 e. The van der Waals surface area contributed by atoms with Crippen molar-refractivity contribution in [2.45, 2.75) is 26.3 Å². The van der Waals surface area contributed by atoms with Crippen molar-refractivity contribution in [3.8, 4) is 0 Å². The quantitative estimate of drug-likeness (QED) is 0.887. The molecular formula is C14H21ClN2O. The summed E-state index contributed by atoms with van der Waals surface area (Å²) in [5.41, 5.74) is 2.34. The lowest BCUT2D eigenvalue weighted by molar-refractivity contribution is -0.131. The molecule has 0 saturated carbocycles. The molecule has 1 atom stereocenters. The third-order valence-electron chi connectivity index (χ3n) is 3.32. The number of aryl methyl sites for hydroxylation is 1. The van der Waals surface area contributed by atoms with E-state index < -0.39 is 0 Å². The Balaban J connectivity index is 0.00000162. The van der Waals surface area contributed by atoms with E-state index in [1.165, 1.54) is 5.56 Å². The first-order chi connectivity index (χ1) is 8.16. The van der Waals surface area contributed by atoms with E-state index in [9.17, 15) is 4.79 Å². The molecule has 0 spiro atoms. The fourth-order valence-electron chi connectivity index (χ4n) is 2.24. The van der Waals surface area contributed by atoms with E-state index in [0.717, 1.165) is 25.2 Å². The first-order valence-electron chi connectivity index (χ1n) is 6.22. The van der Waals surface area contributed by atoms with E-state index >= 15 is 0 Å². The Hall–Kier alpha value is -1.06. The number of nitrogens with zero attached hydrogens (tertiary/aromatic N) is 1. The van der Waals surface area contributed by atoms with E-state index in [1.54, 1.807) is 0 Å². The standard InChI is InChI=1S/C14H20N2O.ClH/c1-11-5-3-4-6-13(11)9-14(17)16-8-7-15-12(2)10-16;/h3-6,12,15H,7-10H2,1-2H3;1H. The van der Waals surface area contributed by atoms with Crippen LogP contribution in [-0.2, 0) is 11.2 Å². The molecule has 0 bridgehead atoms. The third kappa shape index (κ3) is 3.72. The van der Waals surface area contributed by atoms with Gasteiger partial charge in [0.15, 0.2) is 0 Å². The minimum Gasteiger partial charge on any atom is -0.340 e. The van der Waals surface area contributed by atoms with Gasteiger partial charge in [-0.25, -0.2) is 0 Å². The van der Waals surface area contributed by atoms with E-state index in [1.807, 2.05) is 23.1 Å². The second kappa shape index (κ2) is 6.76. The minimum atomic E-state index is 0. The van der Waals surface area contributed by atoms with Crippen molar-refractivity contribution in [1.82, 2.24) is 10.2 Å². The van der Waals surface area contributed by atoms with Crippen LogP contribution in [0.2, 0.25) is 0 Å². The molecule has 100 valence electrons. The Kier molecular flexibility index (Phi) is 5.63. The summed E-state index contributed by atoms with van der Waals surface area (Å²) in [5, 5.41) is 3.35. The molecule has 2 rings (SSSR count). The molecule has 1 N–H and O–H groups in total. The number of hydrogen-bond donors (Lipinski definition) is 1. The van der Waals surface area contributed by atoms with Crippen LogP contribution in [0.15, 0.2) is 24.3 Å². The molecule has 18 heavy (non-hydrogen) atoms. The Labute approximate surface area is 115 Å². The van der Waals surface area contributed by atoms with Crippen LogP contribution in [0.1, 0.15) is 18.1 Å². The molecule has 1 fully saturated rings. The van der Waals surface area contributed by atoms with Crippen LogP contribution in [0, 0.1) is 6.92 Å². The van der Waals surface area contributed by atoms with Gasteiger partial charge >= 0.3 is 0 Å². The number of hydrogen-bond acceptors (Lipinski definition) is 2. The fourth-order valence-corrected chi connectivity index (χ4v) is 2.24. The summed E-state index contributed by atoms with van der Waals surface area (Å²) < 4.78 is 0. The molecule has 1 saturated heterocycles. The van der Waals surface area contributed by atoms with Crippen molar-refractivity contribution in [1.29, 1.82) is 0 Å². The maximum atomic E-state index is 12.2. The summed E-state index contributed by atoms with van der Waals surface area (Å²) in [5.74, 6) is 0.243. The summed E-state index contributed by atoms with van der Waals surface area (Å²) in [6.45, 7) is 6.73. The average Bonchev–Trinajstić information content (AvgIpc) is 2.32. The van der Waals surface area contributed by atoms with Crippen LogP contribution in [0.25, 0.3) is 0 Å². The molecule has 4 heteroatoms. The van der Waals surface area contributed by atoms with E-state index in [-0.39, 0.29) is 18.3 Å². The van der Waals surface area contributed by atoms with Crippen LogP contribution >= 0.6 is 12.4 Å². The molecule has 0 radical (unpaired) electrons. The summed E-state index contributed by atoms with van der Waals surface area (Å²) in [6.07, 6.45) is 0.527. The van der Waals surface area contributed by atoms with Crippen LogP contribution in [-0.4, -0.2) is 36.5 Å². The maximum Gasteiger partial charge on any atom is 0.227 e. The number of halogens is 1. The average molecular weight is 269 g/mol. The maximum absolute atomic E-state index is 12.2. The summed E-state index contributed by atoms with van der Waals surface area (Å²) in [7, 11) is 0. The Morgan fingerprint density at radius 1 is 1.44 bits per heavy atom. The molecular weight excluding hydrogens is 248 g/mol. The molecule has 0 aliphatic carbocycles. The van der Waals surface area contributed by atoms with Gasteiger partial charge in [0.25, 0.3) is 0 Å². The molecule has 0 aromatic heterocycles. The predicted molar refractivity (Wildman–Crippen MR) is 76.2 cm³/mol. The van der Waals surface area contributed by atoms with Crippen LogP contribution in [0.5, 0.6) is 0 Å². The van der Waals surface area contributed by atoms with Gasteiger partial charge in [-0.2, -0.15) is 0 Å². The Morgan fingerprint density at radius 3 is 2.83 bits per heavy atom. The minimum absolute atomic E-state index is 0. The normalized spacial score (nSPS) is 19.2. The van der Waals surface area contributed by atoms with Crippen LogP contribution < -0.4 is 5.32 Å². The molecule has 1 aromatic rings. The summed E-state index contributed by atoms with van der Waals surface area (Å²) in [6, 6.07) is 8.51. The lowest BCUT2D eigenvalue weighted by atomic mass is 10.0. The van der Waals surface area contributed by atoms with E-state index in [2.05, 4.69) is 25.2 Å². The second-order valence-corrected chi connectivity index (χ2v) is 4.80. The van der Waals surface area contributed by atoms with Gasteiger partial charge in [0.1, 0.15) is 0 Å². The van der Waals surface area contributed by atoms with Crippen molar-refractivity contribution >= 4 is 18.3 Å². The van der Waals surface area contributed by atoms with E-state index in [0.29, 0.717) is 12.5 Å². The second-order valence-electron chi connectivity index (χ2n) is 4.80. The largest absolute Gasteiger partial charge is 0.340 e. The fraction of sp³-hybridized carbons (Fsp3) is 0.500. The topological polar surface area (TPSA) is 32.3 Å². The molecule has 3 nitrogen and oxygen atoms in total. The summed E-state index contributed by atoms with van der Waals surface area (Å²) in [4.78, 5) is 14.1. The molecule has 1 aliphatic rings. The van der Waals surface area contributed by atoms with Crippen molar-refractivity contribution < 1.29 is 4.79 Å². The van der Waals surface area contributed by atoms with Crippen LogP contribution in [0.3, 0.4) is 0 Å². The highest BCUT2D eigenvalue weighted by molar-refractivity contribution is 5.85. The Morgan fingerprint density at radius 2 is 2.17 bits per heavy atom. The number of benzene rings is 1. The van der Waals surface area contributed by atoms with Gasteiger partial charge in [-0.15, -0.1) is 12.4 Å². The summed E-state index contributed by atoms with van der Waals surface area (Å²) >= 11 is 0. The van der Waals surface area contributed by atoms with Gasteiger partial charge in [-0.3, -0.25) is 4.79 Å². The first kappa shape index (κ1) is 15.0. The molecule has 1 heterocycles. The highest BCUT2D eigenvalue weighted by Gasteiger charge is 2.20. The number of amides is 1. The monoisotopic (exact) mass is 268 g/mol. The van der Waals surface area contributed by atoms with Gasteiger partial charge in [-0.05, 0) is 25.0 Å². The molecule has 1 aromatic carbocycles. The number of carbonyl (C=O) groups is 1.